The van der Waals surface area contributed by atoms with E-state index in [0.29, 0.717) is 0 Å². The van der Waals surface area contributed by atoms with Gasteiger partial charge in [0.1, 0.15) is 0 Å². The zero-order chi connectivity index (χ0) is 35.7. The highest BCUT2D eigenvalue weighted by Gasteiger charge is 2.12. The Morgan fingerprint density at radius 3 is 1.47 bits per heavy atom. The maximum Gasteiger partial charge on any atom is 0.294 e. The van der Waals surface area contributed by atoms with Crippen LogP contribution in [0, 0.1) is 13.8 Å². The van der Waals surface area contributed by atoms with Crippen LogP contribution in [-0.4, -0.2) is 113 Å². The number of hydrogen-bond acceptors (Lipinski definition) is 10. The molecule has 0 unspecified atom stereocenters. The second-order valence-corrected chi connectivity index (χ2v) is 17.0. The van der Waals surface area contributed by atoms with Gasteiger partial charge >= 0.3 is 0 Å². The minimum absolute atomic E-state index is 0.0666. The summed E-state index contributed by atoms with van der Waals surface area (Å²) in [5.41, 5.74) is 1.91. The summed E-state index contributed by atoms with van der Waals surface area (Å²) in [5.74, 6) is 2.27. The second kappa shape index (κ2) is 21.6. The predicted molar refractivity (Wildman–Crippen MR) is 199 cm³/mol. The molecule has 0 radical (unpaired) electrons. The fraction of sp³-hybridized carbons (Fsp3) is 0.471. The smallest absolute Gasteiger partial charge is 0.294 e. The highest BCUT2D eigenvalue weighted by atomic mass is 35.5. The average molecular weight is 775 g/mol. The fourth-order valence-electron chi connectivity index (χ4n) is 4.70. The molecule has 3 aromatic carbocycles. The molecule has 0 saturated carbocycles. The van der Waals surface area contributed by atoms with Crippen molar-refractivity contribution in [2.45, 2.75) is 46.3 Å². The van der Waals surface area contributed by atoms with Crippen molar-refractivity contribution in [2.24, 2.45) is 0 Å². The number of thioether (sulfide) groups is 2. The minimum Gasteiger partial charge on any atom is -0.379 e. The Bertz CT molecular complexity index is 1540. The van der Waals surface area contributed by atoms with E-state index in [1.54, 1.807) is 24.3 Å². The lowest BCUT2D eigenvalue weighted by atomic mass is 10.2. The SMILES string of the molecule is Cc1ccc(S(=O)(=O)O)cc1.Cc1ccc(S(=O)(=O)O)cc1.Clc1ccc(SCCCN2CCOCC2)cc1SCCCN1CCOCC1. The molecule has 3 aromatic rings. The van der Waals surface area contributed by atoms with Crippen LogP contribution >= 0.6 is 35.1 Å². The van der Waals surface area contributed by atoms with E-state index in [9.17, 15) is 16.8 Å². The molecule has 49 heavy (non-hydrogen) atoms. The van der Waals surface area contributed by atoms with Gasteiger partial charge in [0.25, 0.3) is 20.2 Å². The summed E-state index contributed by atoms with van der Waals surface area (Å²) in [6.07, 6.45) is 2.41. The van der Waals surface area contributed by atoms with Crippen LogP contribution in [-0.2, 0) is 29.7 Å². The van der Waals surface area contributed by atoms with E-state index in [1.807, 2.05) is 37.4 Å². The number of aryl methyl sites for hydroxylation is 2. The summed E-state index contributed by atoms with van der Waals surface area (Å²) in [4.78, 5) is 7.41. The van der Waals surface area contributed by atoms with Gasteiger partial charge in [-0.05, 0) is 93.7 Å². The van der Waals surface area contributed by atoms with Crippen molar-refractivity contribution >= 4 is 55.4 Å². The summed E-state index contributed by atoms with van der Waals surface area (Å²) in [7, 11) is -8.04. The van der Waals surface area contributed by atoms with Gasteiger partial charge in [0.05, 0.1) is 41.2 Å². The average Bonchev–Trinajstić information content (AvgIpc) is 3.07. The molecule has 2 aliphatic rings. The van der Waals surface area contributed by atoms with Gasteiger partial charge in [-0.3, -0.25) is 18.9 Å². The molecule has 272 valence electrons. The normalized spacial score (nSPS) is 15.9. The zero-order valence-electron chi connectivity index (χ0n) is 28.0. The topological polar surface area (TPSA) is 134 Å². The molecule has 0 amide bonds. The van der Waals surface area contributed by atoms with Crippen LogP contribution in [0.1, 0.15) is 24.0 Å². The molecule has 0 bridgehead atoms. The Morgan fingerprint density at radius 2 is 1.06 bits per heavy atom. The Labute approximate surface area is 305 Å². The van der Waals surface area contributed by atoms with Crippen molar-refractivity contribution in [3.8, 4) is 0 Å². The van der Waals surface area contributed by atoms with Gasteiger partial charge in [-0.2, -0.15) is 16.8 Å². The van der Waals surface area contributed by atoms with Gasteiger partial charge in [0.2, 0.25) is 0 Å². The molecular weight excluding hydrogens is 728 g/mol. The van der Waals surface area contributed by atoms with Gasteiger partial charge in [-0.25, -0.2) is 0 Å². The van der Waals surface area contributed by atoms with Crippen LogP contribution in [0.25, 0.3) is 0 Å². The lowest BCUT2D eigenvalue weighted by molar-refractivity contribution is 0.0381. The Kier molecular flexibility index (Phi) is 18.4. The number of morpholine rings is 2. The highest BCUT2D eigenvalue weighted by molar-refractivity contribution is 8.00. The van der Waals surface area contributed by atoms with Gasteiger partial charge in [0.15, 0.2) is 0 Å². The lowest BCUT2D eigenvalue weighted by Gasteiger charge is -2.26. The third kappa shape index (κ3) is 16.9. The quantitative estimate of drug-likeness (QED) is 0.119. The van der Waals surface area contributed by atoms with E-state index < -0.39 is 20.2 Å². The van der Waals surface area contributed by atoms with Crippen molar-refractivity contribution in [3.63, 3.8) is 0 Å². The lowest BCUT2D eigenvalue weighted by Crippen LogP contribution is -2.36. The van der Waals surface area contributed by atoms with Gasteiger partial charge in [-0.1, -0.05) is 47.0 Å². The minimum atomic E-state index is -4.02. The monoisotopic (exact) mass is 774 g/mol. The van der Waals surface area contributed by atoms with Crippen LogP contribution in [0.4, 0.5) is 0 Å². The van der Waals surface area contributed by atoms with Crippen LogP contribution in [0.15, 0.2) is 86.3 Å². The molecule has 5 rings (SSSR count). The molecule has 2 N–H and O–H groups in total. The third-order valence-corrected chi connectivity index (χ3v) is 11.9. The number of nitrogens with zero attached hydrogens (tertiary/aromatic N) is 2. The van der Waals surface area contributed by atoms with E-state index in [0.717, 1.165) is 86.8 Å². The summed E-state index contributed by atoms with van der Waals surface area (Å²) in [6.45, 7) is 13.8. The van der Waals surface area contributed by atoms with E-state index >= 15 is 0 Å². The van der Waals surface area contributed by atoms with Gasteiger partial charge < -0.3 is 9.47 Å². The molecular formula is C34H47ClN2O8S4. The van der Waals surface area contributed by atoms with Crippen LogP contribution < -0.4 is 0 Å². The predicted octanol–water partition coefficient (Wildman–Crippen LogP) is 6.45. The number of halogens is 1. The number of ether oxygens (including phenoxy) is 2. The summed E-state index contributed by atoms with van der Waals surface area (Å²) in [6, 6.07) is 18.4. The van der Waals surface area contributed by atoms with E-state index in [1.165, 1.54) is 53.4 Å². The molecule has 0 aliphatic carbocycles. The number of benzene rings is 3. The first-order valence-electron chi connectivity index (χ1n) is 16.0. The molecule has 0 atom stereocenters. The first-order chi connectivity index (χ1) is 23.3. The largest absolute Gasteiger partial charge is 0.379 e. The molecule has 10 nitrogen and oxygen atoms in total. The Balaban J connectivity index is 0.000000242. The van der Waals surface area contributed by atoms with Crippen molar-refractivity contribution in [3.05, 3.63) is 82.9 Å². The fourth-order valence-corrected chi connectivity index (χ4v) is 7.80. The maximum atomic E-state index is 10.5. The van der Waals surface area contributed by atoms with Crippen molar-refractivity contribution in [1.82, 2.24) is 9.80 Å². The molecule has 2 heterocycles. The molecule has 2 saturated heterocycles. The first kappa shape index (κ1) is 41.7. The number of hydrogen-bond donors (Lipinski definition) is 2. The van der Waals surface area contributed by atoms with Crippen molar-refractivity contribution < 1.29 is 35.4 Å². The maximum absolute atomic E-state index is 10.5. The Hall–Kier alpha value is -1.69. The van der Waals surface area contributed by atoms with Crippen molar-refractivity contribution in [1.29, 1.82) is 0 Å². The van der Waals surface area contributed by atoms with Crippen molar-refractivity contribution in [2.75, 3.05) is 77.2 Å². The summed E-state index contributed by atoms with van der Waals surface area (Å²) in [5, 5.41) is 0.879. The van der Waals surface area contributed by atoms with E-state index in [2.05, 4.69) is 28.0 Å². The molecule has 0 spiro atoms. The molecule has 15 heteroatoms. The summed E-state index contributed by atoms with van der Waals surface area (Å²) >= 11 is 10.2. The standard InChI is InChI=1S/C20H31ClN2O2S2.2C7H8O3S/c21-19-4-3-18(26-15-1-5-22-7-11-24-12-8-22)17-20(19)27-16-2-6-23-9-13-25-14-10-23;2*1-6-2-4-7(5-3-6)11(8,9)10/h3-4,17H,1-2,5-16H2;2*2-5H,1H3,(H,8,9,10). The summed E-state index contributed by atoms with van der Waals surface area (Å²) < 4.78 is 69.9. The highest BCUT2D eigenvalue weighted by Crippen LogP contribution is 2.32. The molecule has 2 fully saturated rings. The van der Waals surface area contributed by atoms with Crippen LogP contribution in [0.3, 0.4) is 0 Å². The van der Waals surface area contributed by atoms with E-state index in [4.69, 9.17) is 30.2 Å². The van der Waals surface area contributed by atoms with Crippen LogP contribution in [0.2, 0.25) is 5.02 Å². The van der Waals surface area contributed by atoms with Gasteiger partial charge in [0, 0.05) is 36.0 Å². The second-order valence-electron chi connectivity index (χ2n) is 11.5. The van der Waals surface area contributed by atoms with Gasteiger partial charge in [-0.15, -0.1) is 23.5 Å². The third-order valence-electron chi connectivity index (χ3n) is 7.51. The molecule has 2 aliphatic heterocycles. The van der Waals surface area contributed by atoms with E-state index in [-0.39, 0.29) is 9.79 Å². The first-order valence-corrected chi connectivity index (χ1v) is 21.3. The Morgan fingerprint density at radius 1 is 0.653 bits per heavy atom. The zero-order valence-corrected chi connectivity index (χ0v) is 32.0. The molecule has 0 aromatic heterocycles. The van der Waals surface area contributed by atoms with Crippen LogP contribution in [0.5, 0.6) is 0 Å². The number of rotatable bonds is 12.